The Balaban J connectivity index is 1.48. The number of hydrogen-bond acceptors (Lipinski definition) is 6. The lowest BCUT2D eigenvalue weighted by atomic mass is 10.1. The van der Waals surface area contributed by atoms with Crippen LogP contribution in [0.5, 0.6) is 0 Å². The van der Waals surface area contributed by atoms with E-state index in [1.807, 2.05) is 12.3 Å². The van der Waals surface area contributed by atoms with Gasteiger partial charge in [-0.05, 0) is 31.2 Å². The Labute approximate surface area is 175 Å². The number of oxazole rings is 1. The summed E-state index contributed by atoms with van der Waals surface area (Å²) in [4.78, 5) is 25.3. The van der Waals surface area contributed by atoms with Crippen molar-refractivity contribution in [3.63, 3.8) is 0 Å². The summed E-state index contributed by atoms with van der Waals surface area (Å²) in [6.07, 6.45) is 6.81. The smallest absolute Gasteiger partial charge is 0.293 e. The molecule has 0 aliphatic heterocycles. The number of aromatic nitrogens is 6. The zero-order valence-corrected chi connectivity index (χ0v) is 16.5. The minimum Gasteiger partial charge on any atom is -0.436 e. The van der Waals surface area contributed by atoms with Gasteiger partial charge in [0.05, 0.1) is 17.1 Å². The molecule has 0 fully saturated rings. The summed E-state index contributed by atoms with van der Waals surface area (Å²) in [6.45, 7) is 3.34. The lowest BCUT2D eigenvalue weighted by Crippen LogP contribution is -2.12. The van der Waals surface area contributed by atoms with Crippen molar-refractivity contribution in [2.45, 2.75) is 13.8 Å². The molecule has 0 bridgehead atoms. The number of carbonyl (C=O) groups excluding carboxylic acids is 1. The maximum atomic E-state index is 14.6. The highest BCUT2D eigenvalue weighted by molar-refractivity contribution is 6.03. The van der Waals surface area contributed by atoms with Crippen LogP contribution >= 0.6 is 0 Å². The van der Waals surface area contributed by atoms with Crippen LogP contribution in [0.4, 0.5) is 10.1 Å². The third-order valence-electron chi connectivity index (χ3n) is 4.73. The minimum absolute atomic E-state index is 0.117. The van der Waals surface area contributed by atoms with Crippen LogP contribution in [0.2, 0.25) is 0 Å². The summed E-state index contributed by atoms with van der Waals surface area (Å²) in [7, 11) is 0. The first kappa shape index (κ1) is 18.7. The van der Waals surface area contributed by atoms with Crippen LogP contribution in [0.25, 0.3) is 28.3 Å². The lowest BCUT2D eigenvalue weighted by molar-refractivity contribution is 0.0994. The van der Waals surface area contributed by atoms with Crippen molar-refractivity contribution in [3.05, 3.63) is 72.2 Å². The molecule has 4 heterocycles. The van der Waals surface area contributed by atoms with Crippen LogP contribution in [0, 0.1) is 19.7 Å². The molecular weight excluding hydrogens is 401 g/mol. The fourth-order valence-corrected chi connectivity index (χ4v) is 3.30. The summed E-state index contributed by atoms with van der Waals surface area (Å²) >= 11 is 0. The summed E-state index contributed by atoms with van der Waals surface area (Å²) < 4.78 is 21.6. The minimum atomic E-state index is -0.470. The molecule has 2 N–H and O–H groups in total. The number of halogens is 1. The Kier molecular flexibility index (Phi) is 4.32. The summed E-state index contributed by atoms with van der Waals surface area (Å²) in [5, 5.41) is 9.52. The summed E-state index contributed by atoms with van der Waals surface area (Å²) in [5.41, 5.74) is 3.12. The van der Waals surface area contributed by atoms with Gasteiger partial charge in [-0.1, -0.05) is 0 Å². The molecule has 1 amide bonds. The molecule has 0 aliphatic rings. The van der Waals surface area contributed by atoms with Gasteiger partial charge in [0.25, 0.3) is 5.91 Å². The number of benzene rings is 1. The van der Waals surface area contributed by atoms with E-state index in [-0.39, 0.29) is 11.3 Å². The highest BCUT2D eigenvalue weighted by Crippen LogP contribution is 2.27. The quantitative estimate of drug-likeness (QED) is 0.460. The first-order chi connectivity index (χ1) is 15.0. The number of amides is 1. The maximum Gasteiger partial charge on any atom is 0.293 e. The predicted octanol–water partition coefficient (Wildman–Crippen LogP) is 3.78. The van der Waals surface area contributed by atoms with E-state index in [0.717, 1.165) is 11.3 Å². The van der Waals surface area contributed by atoms with Crippen molar-refractivity contribution in [1.29, 1.82) is 0 Å². The standard InChI is InChI=1S/C21H16FN7O2/c1-11-19(31-12(2)25-11)20(30)26-14-3-4-16(22)15(7-14)18-10-29-9-13(8-23-21(29)27-18)17-5-6-24-28-17/h3-10H,1-2H3,(H,24,28)(H,26,30). The molecule has 4 aromatic heterocycles. The largest absolute Gasteiger partial charge is 0.436 e. The number of carbonyl (C=O) groups is 1. The molecule has 0 spiro atoms. The van der Waals surface area contributed by atoms with Gasteiger partial charge in [-0.2, -0.15) is 5.10 Å². The fraction of sp³-hybridized carbons (Fsp3) is 0.0952. The molecule has 1 aromatic carbocycles. The number of aromatic amines is 1. The molecule has 0 atom stereocenters. The molecule has 0 radical (unpaired) electrons. The van der Waals surface area contributed by atoms with Gasteiger partial charge >= 0.3 is 0 Å². The molecule has 154 valence electrons. The van der Waals surface area contributed by atoms with Crippen LogP contribution in [0.3, 0.4) is 0 Å². The second-order valence-corrected chi connectivity index (χ2v) is 6.94. The number of aryl methyl sites for hydroxylation is 2. The number of imidazole rings is 1. The predicted molar refractivity (Wildman–Crippen MR) is 110 cm³/mol. The Morgan fingerprint density at radius 1 is 1.19 bits per heavy atom. The zero-order valence-electron chi connectivity index (χ0n) is 16.5. The van der Waals surface area contributed by atoms with E-state index < -0.39 is 11.7 Å². The van der Waals surface area contributed by atoms with Gasteiger partial charge in [-0.15, -0.1) is 0 Å². The number of anilines is 1. The van der Waals surface area contributed by atoms with E-state index in [4.69, 9.17) is 4.42 Å². The van der Waals surface area contributed by atoms with Crippen LogP contribution in [0.15, 0.2) is 53.5 Å². The summed E-state index contributed by atoms with van der Waals surface area (Å²) in [5.74, 6) is -0.000869. The number of nitrogens with zero attached hydrogens (tertiary/aromatic N) is 5. The van der Waals surface area contributed by atoms with Crippen LogP contribution in [-0.4, -0.2) is 35.5 Å². The topological polar surface area (TPSA) is 114 Å². The van der Waals surface area contributed by atoms with Gasteiger partial charge in [0.15, 0.2) is 5.89 Å². The maximum absolute atomic E-state index is 14.6. The number of fused-ring (bicyclic) bond motifs is 1. The van der Waals surface area contributed by atoms with E-state index in [9.17, 15) is 9.18 Å². The molecule has 9 nitrogen and oxygen atoms in total. The molecular formula is C21H16FN7O2. The number of H-pyrrole nitrogens is 1. The molecule has 0 saturated carbocycles. The van der Waals surface area contributed by atoms with Crippen LogP contribution < -0.4 is 5.32 Å². The highest BCUT2D eigenvalue weighted by Gasteiger charge is 2.18. The van der Waals surface area contributed by atoms with Gasteiger partial charge in [-0.25, -0.2) is 19.3 Å². The molecule has 10 heteroatoms. The fourth-order valence-electron chi connectivity index (χ4n) is 3.30. The number of hydrogen-bond donors (Lipinski definition) is 2. The second-order valence-electron chi connectivity index (χ2n) is 6.94. The van der Waals surface area contributed by atoms with Crippen molar-refractivity contribution in [2.24, 2.45) is 0 Å². The molecule has 5 rings (SSSR count). The average molecular weight is 417 g/mol. The molecule has 0 unspecified atom stereocenters. The van der Waals surface area contributed by atoms with Crippen molar-refractivity contribution >= 4 is 17.4 Å². The van der Waals surface area contributed by atoms with Crippen molar-refractivity contribution < 1.29 is 13.6 Å². The summed E-state index contributed by atoms with van der Waals surface area (Å²) in [6, 6.07) is 6.09. The van der Waals surface area contributed by atoms with E-state index in [1.165, 1.54) is 18.2 Å². The number of rotatable bonds is 4. The lowest BCUT2D eigenvalue weighted by Gasteiger charge is -2.06. The first-order valence-corrected chi connectivity index (χ1v) is 9.38. The van der Waals surface area contributed by atoms with Gasteiger partial charge in [-0.3, -0.25) is 14.3 Å². The van der Waals surface area contributed by atoms with Crippen molar-refractivity contribution in [1.82, 2.24) is 29.5 Å². The first-order valence-electron chi connectivity index (χ1n) is 9.38. The molecule has 5 aromatic rings. The third kappa shape index (κ3) is 3.44. The van der Waals surface area contributed by atoms with Gasteiger partial charge in [0.1, 0.15) is 5.82 Å². The highest BCUT2D eigenvalue weighted by atomic mass is 19.1. The Morgan fingerprint density at radius 3 is 2.81 bits per heavy atom. The van der Waals surface area contributed by atoms with Gasteiger partial charge < -0.3 is 9.73 Å². The SMILES string of the molecule is Cc1nc(C)c(C(=O)Nc2ccc(F)c(-c3cn4cc(-c5ccn[nH]5)cnc4n3)c2)o1. The zero-order chi connectivity index (χ0) is 21.5. The normalized spacial score (nSPS) is 11.2. The van der Waals surface area contributed by atoms with Gasteiger partial charge in [0, 0.05) is 48.5 Å². The van der Waals surface area contributed by atoms with E-state index >= 15 is 0 Å². The molecule has 31 heavy (non-hydrogen) atoms. The second kappa shape index (κ2) is 7.17. The van der Waals surface area contributed by atoms with E-state index in [2.05, 4.69) is 30.5 Å². The van der Waals surface area contributed by atoms with Crippen LogP contribution in [0.1, 0.15) is 22.1 Å². The monoisotopic (exact) mass is 417 g/mol. The Hall–Kier alpha value is -4.34. The van der Waals surface area contributed by atoms with Crippen molar-refractivity contribution in [3.8, 4) is 22.5 Å². The Bertz CT molecular complexity index is 1420. The Morgan fingerprint density at radius 2 is 2.06 bits per heavy atom. The number of nitrogens with one attached hydrogen (secondary N) is 2. The average Bonchev–Trinajstić information content (AvgIpc) is 3.48. The van der Waals surface area contributed by atoms with Crippen LogP contribution in [-0.2, 0) is 0 Å². The van der Waals surface area contributed by atoms with Crippen molar-refractivity contribution in [2.75, 3.05) is 5.32 Å². The van der Waals surface area contributed by atoms with E-state index in [0.29, 0.717) is 28.7 Å². The van der Waals surface area contributed by atoms with Gasteiger partial charge in [0.2, 0.25) is 11.5 Å². The van der Waals surface area contributed by atoms with E-state index in [1.54, 1.807) is 36.8 Å². The molecule has 0 saturated heterocycles. The molecule has 0 aliphatic carbocycles. The third-order valence-corrected chi connectivity index (χ3v) is 4.73.